The molecule has 9 aliphatic carbocycles. The maximum absolute atomic E-state index is 2.89. The van der Waals surface area contributed by atoms with Gasteiger partial charge in [0.25, 0.3) is 0 Å². The van der Waals surface area contributed by atoms with Gasteiger partial charge in [0.05, 0.1) is 0 Å². The van der Waals surface area contributed by atoms with Crippen LogP contribution in [0, 0.1) is 120 Å². The maximum atomic E-state index is 2.89. The highest BCUT2D eigenvalue weighted by Crippen LogP contribution is 2.72. The summed E-state index contributed by atoms with van der Waals surface area (Å²) in [6.07, 6.45) is 18.4. The molecule has 0 saturated heterocycles. The van der Waals surface area contributed by atoms with Gasteiger partial charge in [-0.05, 0) is 308 Å². The van der Waals surface area contributed by atoms with E-state index in [1.807, 2.05) is 27.9 Å². The van der Waals surface area contributed by atoms with Crippen LogP contribution in [0.5, 0.6) is 0 Å². The van der Waals surface area contributed by atoms with Crippen molar-refractivity contribution >= 4 is 45.9 Å². The van der Waals surface area contributed by atoms with Gasteiger partial charge in [-0.3, -0.25) is 0 Å². The van der Waals surface area contributed by atoms with E-state index >= 15 is 0 Å². The lowest BCUT2D eigenvalue weighted by molar-refractivity contribution is 0.139. The summed E-state index contributed by atoms with van der Waals surface area (Å²) in [6.45, 7) is 45.6. The van der Waals surface area contributed by atoms with Gasteiger partial charge in [-0.15, -0.1) is 23.5 Å². The summed E-state index contributed by atoms with van der Waals surface area (Å²) in [6, 6.07) is 5.36. The highest BCUT2D eigenvalue weighted by atomic mass is 32.2. The normalized spacial score (nSPS) is 32.7. The van der Waals surface area contributed by atoms with Crippen LogP contribution in [0.2, 0.25) is 0 Å². The van der Waals surface area contributed by atoms with Crippen LogP contribution in [0.1, 0.15) is 209 Å². The Labute approximate surface area is 475 Å². The van der Waals surface area contributed by atoms with Crippen molar-refractivity contribution < 1.29 is 0 Å². The van der Waals surface area contributed by atoms with E-state index in [0.29, 0.717) is 88.8 Å². The second-order valence-corrected chi connectivity index (χ2v) is 29.9. The Kier molecular flexibility index (Phi) is 12.9. The first-order valence-electron chi connectivity index (χ1n) is 31.5. The molecule has 0 heterocycles. The van der Waals surface area contributed by atoms with Crippen molar-refractivity contribution in [1.82, 2.24) is 0 Å². The minimum absolute atomic E-state index is 0.335. The Balaban J connectivity index is 1.10. The van der Waals surface area contributed by atoms with Gasteiger partial charge < -0.3 is 0 Å². The molecule has 0 amide bonds. The summed E-state index contributed by atoms with van der Waals surface area (Å²) in [7, 11) is 0. The van der Waals surface area contributed by atoms with Gasteiger partial charge in [-0.1, -0.05) is 113 Å². The summed E-state index contributed by atoms with van der Waals surface area (Å²) in [5, 5.41) is 6.54. The number of aryl methyl sites for hydroxylation is 4. The predicted molar refractivity (Wildman–Crippen MR) is 335 cm³/mol. The standard InChI is InChI=1S/C75H94S2/c1-20-21-22-23-24-53-47(16)54-30-51-31-56-50(25-26-52-34(3)28-36(5)58-35(4)27-33(2)37(6)60(52)58)29-55-49(18)75(76-19)63-44(13)42(11)59-41(10)43(12)62-68-57(32-77-74-45(14)39(8)38(7)40(9)46(74)15)61(48(53)17)65(54)72(68)64(51)73-67(56)66(55)71(63)69(59)70(62)73/h28-31,33,35,37,41-44,47-48,53,57,59,61,64,69H,20-27,32H2,1-19H3. The average Bonchev–Trinajstić information content (AvgIpc) is 2.95. The van der Waals surface area contributed by atoms with E-state index in [1.54, 1.807) is 86.7 Å². The molecule has 0 radical (unpaired) electrons. The molecule has 0 spiro atoms. The molecule has 0 N–H and O–H groups in total. The summed E-state index contributed by atoms with van der Waals surface area (Å²) >= 11 is 4.32. The molecule has 4 aromatic carbocycles. The number of hydrogen-bond donors (Lipinski definition) is 0. The zero-order valence-electron chi connectivity index (χ0n) is 51.2. The van der Waals surface area contributed by atoms with Crippen LogP contribution >= 0.6 is 23.5 Å². The lowest BCUT2D eigenvalue weighted by Crippen LogP contribution is -2.50. The number of allylic oxidation sites excluding steroid dienone is 8. The second kappa shape index (κ2) is 18.8. The summed E-state index contributed by atoms with van der Waals surface area (Å²) in [5.41, 5.74) is 36.6. The number of rotatable bonds is 12. The van der Waals surface area contributed by atoms with Crippen molar-refractivity contribution in [3.63, 3.8) is 0 Å². The van der Waals surface area contributed by atoms with Crippen molar-refractivity contribution in [3.8, 4) is 0 Å². The fourth-order valence-corrected chi connectivity index (χ4v) is 22.7. The van der Waals surface area contributed by atoms with Crippen LogP contribution in [0.25, 0.3) is 22.4 Å². The van der Waals surface area contributed by atoms with Crippen LogP contribution < -0.4 is 10.4 Å². The minimum Gasteiger partial charge on any atom is -0.129 e. The Bertz CT molecular complexity index is 3510. The fraction of sp³-hybridized carbons (Fsp3) is 0.573. The molecule has 15 atom stereocenters. The Hall–Kier alpha value is -3.46. The quantitative estimate of drug-likeness (QED) is 0.102. The van der Waals surface area contributed by atoms with Gasteiger partial charge in [0, 0.05) is 33.3 Å². The van der Waals surface area contributed by atoms with Crippen LogP contribution in [0.15, 0.2) is 67.0 Å². The Morgan fingerprint density at radius 3 is 1.97 bits per heavy atom. The number of benzene rings is 4. The molecule has 77 heavy (non-hydrogen) atoms. The number of thioether (sulfide) groups is 2. The largest absolute Gasteiger partial charge is 0.129 e. The maximum Gasteiger partial charge on any atom is 0.0355 e. The molecule has 0 bridgehead atoms. The molecule has 9 aliphatic rings. The van der Waals surface area contributed by atoms with Crippen LogP contribution in [0.3, 0.4) is 0 Å². The molecule has 0 nitrogen and oxygen atoms in total. The van der Waals surface area contributed by atoms with Crippen molar-refractivity contribution in [2.75, 3.05) is 12.0 Å². The van der Waals surface area contributed by atoms with Gasteiger partial charge in [0.2, 0.25) is 0 Å². The monoisotopic (exact) mass is 1060 g/mol. The van der Waals surface area contributed by atoms with Crippen molar-refractivity contribution in [1.29, 1.82) is 0 Å². The summed E-state index contributed by atoms with van der Waals surface area (Å²) in [5.74, 6) is 9.75. The van der Waals surface area contributed by atoms with Crippen LogP contribution in [0.4, 0.5) is 0 Å². The zero-order valence-corrected chi connectivity index (χ0v) is 52.8. The highest BCUT2D eigenvalue weighted by molar-refractivity contribution is 7.99. The first kappa shape index (κ1) is 52.9. The lowest BCUT2D eigenvalue weighted by Gasteiger charge is -2.57. The van der Waals surface area contributed by atoms with E-state index in [4.69, 9.17) is 0 Å². The van der Waals surface area contributed by atoms with Crippen LogP contribution in [-0.2, 0) is 12.8 Å². The third-order valence-electron chi connectivity index (χ3n) is 24.9. The number of fused-ring (bicyclic) bond motifs is 2. The van der Waals surface area contributed by atoms with Gasteiger partial charge in [-0.25, -0.2) is 0 Å². The molecule has 2 heteroatoms. The van der Waals surface area contributed by atoms with Crippen molar-refractivity contribution in [2.24, 2.45) is 65.1 Å². The van der Waals surface area contributed by atoms with E-state index in [2.05, 4.69) is 179 Å². The van der Waals surface area contributed by atoms with E-state index in [0.717, 1.165) is 12.8 Å². The third kappa shape index (κ3) is 7.03. The summed E-state index contributed by atoms with van der Waals surface area (Å²) in [4.78, 5) is 3.17. The number of unbranched alkanes of at least 4 members (excludes halogenated alkanes) is 3. The zero-order chi connectivity index (χ0) is 54.4. The average molecular weight is 1060 g/mol. The molecular weight excluding hydrogens is 965 g/mol. The highest BCUT2D eigenvalue weighted by Gasteiger charge is 2.61. The molecule has 0 aliphatic heterocycles. The molecule has 15 unspecified atom stereocenters. The van der Waals surface area contributed by atoms with Crippen LogP contribution in [-0.4, -0.2) is 12.0 Å². The molecule has 0 fully saturated rings. The van der Waals surface area contributed by atoms with E-state index < -0.39 is 0 Å². The molecule has 13 rings (SSSR count). The van der Waals surface area contributed by atoms with Crippen molar-refractivity contribution in [2.45, 2.75) is 209 Å². The lowest BCUT2D eigenvalue weighted by atomic mass is 9.47. The third-order valence-corrected chi connectivity index (χ3v) is 27.2. The first-order valence-corrected chi connectivity index (χ1v) is 33.7. The van der Waals surface area contributed by atoms with Gasteiger partial charge in [0.15, 0.2) is 0 Å². The summed E-state index contributed by atoms with van der Waals surface area (Å²) < 4.78 is 0. The van der Waals surface area contributed by atoms with Gasteiger partial charge in [-0.2, -0.15) is 0 Å². The molecular formula is C75H94S2. The van der Waals surface area contributed by atoms with E-state index in [9.17, 15) is 0 Å². The Morgan fingerprint density at radius 2 is 1.27 bits per heavy atom. The van der Waals surface area contributed by atoms with Gasteiger partial charge in [0.1, 0.15) is 0 Å². The molecule has 406 valence electrons. The second-order valence-electron chi connectivity index (χ2n) is 28.0. The molecule has 0 aromatic heterocycles. The molecule has 0 saturated carbocycles. The van der Waals surface area contributed by atoms with E-state index in [-0.39, 0.29) is 0 Å². The fourth-order valence-electron chi connectivity index (χ4n) is 20.3. The SMILES string of the molecule is CCCCCCC1C(C)C2=C3C4=C(C5=C6C7=c8c(c(CCc9c(C)cc(C)c%10c9C(C)C(C)CC%10C)cc9c(C)c(SC)c%10c(c89)C6C(C(C)C5C)C(C)C%10C)=CC(=C2)C47)C(CSc2c(C)c(C)c(C)c(C)c2C)C3C1C. The Morgan fingerprint density at radius 1 is 0.571 bits per heavy atom. The first-order chi connectivity index (χ1) is 36.8. The smallest absolute Gasteiger partial charge is 0.0355 e. The number of hydrogen-bond acceptors (Lipinski definition) is 2. The van der Waals surface area contributed by atoms with Gasteiger partial charge >= 0.3 is 0 Å². The predicted octanol–water partition coefficient (Wildman–Crippen LogP) is 19.1. The van der Waals surface area contributed by atoms with E-state index in [1.165, 1.54) is 83.2 Å². The topological polar surface area (TPSA) is 0 Å². The minimum atomic E-state index is 0.335. The van der Waals surface area contributed by atoms with Crippen molar-refractivity contribution in [3.05, 3.63) is 146 Å². The molecule has 4 aromatic rings.